The van der Waals surface area contributed by atoms with Gasteiger partial charge in [-0.15, -0.1) is 0 Å². The van der Waals surface area contributed by atoms with Crippen molar-refractivity contribution in [2.75, 3.05) is 0 Å². The number of hydrogen-bond donors (Lipinski definition) is 2. The summed E-state index contributed by atoms with van der Waals surface area (Å²) >= 11 is 0. The molecule has 1 aliphatic rings. The fourth-order valence-corrected chi connectivity index (χ4v) is 0.492. The van der Waals surface area contributed by atoms with Crippen molar-refractivity contribution in [3.8, 4) is 0 Å². The normalized spacial score (nSPS) is 24.9. The predicted octanol–water partition coefficient (Wildman–Crippen LogP) is -0.395. The summed E-state index contributed by atoms with van der Waals surface area (Å²) in [4.78, 5) is 4.13. The van der Waals surface area contributed by atoms with E-state index in [0.29, 0.717) is 5.92 Å². The first-order valence-corrected chi connectivity index (χ1v) is 2.38. The van der Waals surface area contributed by atoms with Crippen LogP contribution >= 0.6 is 0 Å². The Morgan fingerprint density at radius 3 is 2.43 bits per heavy atom. The highest BCUT2D eigenvalue weighted by Gasteiger charge is 2.29. The van der Waals surface area contributed by atoms with Gasteiger partial charge < -0.3 is 5.11 Å². The lowest BCUT2D eigenvalue weighted by Crippen LogP contribution is -2.17. The molecule has 3 heteroatoms. The summed E-state index contributed by atoms with van der Waals surface area (Å²) in [6.45, 7) is 0. The predicted molar refractivity (Wildman–Crippen MR) is 24.0 cm³/mol. The number of nitrogens with two attached hydrogens (primary N) is 1. The van der Waals surface area contributed by atoms with Crippen molar-refractivity contribution in [2.45, 2.75) is 19.1 Å². The van der Waals surface area contributed by atoms with Crippen LogP contribution in [0.1, 0.15) is 12.8 Å². The molecule has 7 heavy (non-hydrogen) atoms. The van der Waals surface area contributed by atoms with E-state index in [4.69, 9.17) is 5.11 Å². The number of aliphatic hydroxyl groups is 1. The SMILES string of the molecule is NOC(O)C1CC1. The van der Waals surface area contributed by atoms with Crippen molar-refractivity contribution < 1.29 is 9.94 Å². The lowest BCUT2D eigenvalue weighted by molar-refractivity contribution is -0.115. The van der Waals surface area contributed by atoms with Gasteiger partial charge in [-0.1, -0.05) is 0 Å². The Bertz CT molecular complexity index is 62.7. The first-order valence-electron chi connectivity index (χ1n) is 2.38. The zero-order valence-corrected chi connectivity index (χ0v) is 4.00. The third-order valence-electron chi connectivity index (χ3n) is 1.16. The van der Waals surface area contributed by atoms with Gasteiger partial charge in [0.05, 0.1) is 0 Å². The maximum Gasteiger partial charge on any atom is 0.176 e. The molecule has 0 aromatic rings. The molecule has 1 atom stereocenters. The summed E-state index contributed by atoms with van der Waals surface area (Å²) in [5.41, 5.74) is 0. The van der Waals surface area contributed by atoms with E-state index in [1.165, 1.54) is 0 Å². The van der Waals surface area contributed by atoms with Crippen molar-refractivity contribution in [2.24, 2.45) is 11.8 Å². The molecule has 1 fully saturated rings. The lowest BCUT2D eigenvalue weighted by atomic mass is 10.4. The molecule has 0 bridgehead atoms. The fraction of sp³-hybridized carbons (Fsp3) is 1.00. The average Bonchev–Trinajstić information content (AvgIpc) is 2.44. The van der Waals surface area contributed by atoms with Crippen molar-refractivity contribution in [1.29, 1.82) is 0 Å². The zero-order valence-electron chi connectivity index (χ0n) is 4.00. The van der Waals surface area contributed by atoms with Crippen LogP contribution in [0.4, 0.5) is 0 Å². The summed E-state index contributed by atoms with van der Waals surface area (Å²) in [6.07, 6.45) is 1.40. The standard InChI is InChI=1S/C4H9NO2/c5-7-4(6)3-1-2-3/h3-4,6H,1-2,5H2. The summed E-state index contributed by atoms with van der Waals surface area (Å²) in [6, 6.07) is 0. The Balaban J connectivity index is 2.10. The monoisotopic (exact) mass is 103 g/mol. The van der Waals surface area contributed by atoms with Crippen molar-refractivity contribution >= 4 is 0 Å². The number of rotatable bonds is 2. The third-order valence-corrected chi connectivity index (χ3v) is 1.16. The minimum Gasteiger partial charge on any atom is -0.366 e. The van der Waals surface area contributed by atoms with E-state index in [1.54, 1.807) is 0 Å². The van der Waals surface area contributed by atoms with Crippen LogP contribution in [0, 0.1) is 5.92 Å². The van der Waals surface area contributed by atoms with Crippen molar-refractivity contribution in [3.05, 3.63) is 0 Å². The third kappa shape index (κ3) is 1.12. The van der Waals surface area contributed by atoms with E-state index < -0.39 is 6.29 Å². The van der Waals surface area contributed by atoms with Crippen LogP contribution in [0.5, 0.6) is 0 Å². The van der Waals surface area contributed by atoms with E-state index in [2.05, 4.69) is 10.7 Å². The molecule has 1 rings (SSSR count). The van der Waals surface area contributed by atoms with Crippen LogP contribution < -0.4 is 5.90 Å². The first-order chi connectivity index (χ1) is 3.34. The minimum atomic E-state index is -0.708. The van der Waals surface area contributed by atoms with Gasteiger partial charge in [-0.2, -0.15) is 0 Å². The van der Waals surface area contributed by atoms with Crippen molar-refractivity contribution in [1.82, 2.24) is 0 Å². The first kappa shape index (κ1) is 5.03. The molecule has 0 radical (unpaired) electrons. The van der Waals surface area contributed by atoms with Gasteiger partial charge in [-0.05, 0) is 12.8 Å². The molecule has 0 aromatic heterocycles. The molecule has 3 N–H and O–H groups in total. The van der Waals surface area contributed by atoms with Crippen LogP contribution in [0.25, 0.3) is 0 Å². The molecule has 0 spiro atoms. The Morgan fingerprint density at radius 2 is 2.29 bits per heavy atom. The second kappa shape index (κ2) is 1.78. The van der Waals surface area contributed by atoms with Gasteiger partial charge in [-0.25, -0.2) is 5.90 Å². The molecule has 0 aliphatic heterocycles. The second-order valence-corrected chi connectivity index (χ2v) is 1.86. The van der Waals surface area contributed by atoms with Gasteiger partial charge in [0, 0.05) is 5.92 Å². The summed E-state index contributed by atoms with van der Waals surface area (Å²) in [5.74, 6) is 4.99. The lowest BCUT2D eigenvalue weighted by Gasteiger charge is -2.01. The maximum absolute atomic E-state index is 8.65. The van der Waals surface area contributed by atoms with Crippen LogP contribution in [-0.2, 0) is 4.84 Å². The molecular formula is C4H9NO2. The zero-order chi connectivity index (χ0) is 5.28. The van der Waals surface area contributed by atoms with Crippen LogP contribution in [0.2, 0.25) is 0 Å². The highest BCUT2D eigenvalue weighted by atomic mass is 16.7. The van der Waals surface area contributed by atoms with Crippen LogP contribution in [0.15, 0.2) is 0 Å². The average molecular weight is 103 g/mol. The van der Waals surface area contributed by atoms with E-state index in [-0.39, 0.29) is 0 Å². The largest absolute Gasteiger partial charge is 0.366 e. The minimum absolute atomic E-state index is 0.324. The molecule has 0 heterocycles. The van der Waals surface area contributed by atoms with Gasteiger partial charge >= 0.3 is 0 Å². The summed E-state index contributed by atoms with van der Waals surface area (Å²) in [7, 11) is 0. The van der Waals surface area contributed by atoms with E-state index >= 15 is 0 Å². The molecule has 0 saturated heterocycles. The van der Waals surface area contributed by atoms with E-state index in [9.17, 15) is 0 Å². The number of aliphatic hydroxyl groups excluding tert-OH is 1. The smallest absolute Gasteiger partial charge is 0.176 e. The second-order valence-electron chi connectivity index (χ2n) is 1.86. The maximum atomic E-state index is 8.65. The Kier molecular flexibility index (Phi) is 1.27. The summed E-state index contributed by atoms with van der Waals surface area (Å²) in [5, 5.41) is 8.65. The van der Waals surface area contributed by atoms with Gasteiger partial charge in [0.25, 0.3) is 0 Å². The fourth-order valence-electron chi connectivity index (χ4n) is 0.492. The summed E-state index contributed by atoms with van der Waals surface area (Å²) < 4.78 is 0. The van der Waals surface area contributed by atoms with Gasteiger partial charge in [0.1, 0.15) is 0 Å². The Hall–Kier alpha value is -0.120. The topological polar surface area (TPSA) is 55.5 Å². The van der Waals surface area contributed by atoms with Crippen LogP contribution in [0.3, 0.4) is 0 Å². The molecule has 42 valence electrons. The van der Waals surface area contributed by atoms with E-state index in [1.807, 2.05) is 0 Å². The van der Waals surface area contributed by atoms with Gasteiger partial charge in [0.15, 0.2) is 6.29 Å². The number of hydrogen-bond acceptors (Lipinski definition) is 3. The van der Waals surface area contributed by atoms with Crippen LogP contribution in [-0.4, -0.2) is 11.4 Å². The molecule has 3 nitrogen and oxygen atoms in total. The van der Waals surface area contributed by atoms with Crippen molar-refractivity contribution in [3.63, 3.8) is 0 Å². The molecule has 1 unspecified atom stereocenters. The van der Waals surface area contributed by atoms with Gasteiger partial charge in [0.2, 0.25) is 0 Å². The molecule has 1 aliphatic carbocycles. The molecule has 0 amide bonds. The quantitative estimate of drug-likeness (QED) is 0.369. The highest BCUT2D eigenvalue weighted by molar-refractivity contribution is 4.74. The Morgan fingerprint density at radius 1 is 1.71 bits per heavy atom. The Labute approximate surface area is 42.0 Å². The van der Waals surface area contributed by atoms with E-state index in [0.717, 1.165) is 12.8 Å². The van der Waals surface area contributed by atoms with Gasteiger partial charge in [-0.3, -0.25) is 4.84 Å². The molecule has 0 aromatic carbocycles. The molecular weight excluding hydrogens is 94.0 g/mol. The molecule has 1 saturated carbocycles. The highest BCUT2D eigenvalue weighted by Crippen LogP contribution is 2.32.